The van der Waals surface area contributed by atoms with Gasteiger partial charge in [-0.1, -0.05) is 62.2 Å². The molecule has 8 heteroatoms. The average molecular weight is 544 g/mol. The third-order valence-electron chi connectivity index (χ3n) is 4.74. The molecule has 0 amide bonds. The highest BCUT2D eigenvalue weighted by Crippen LogP contribution is 2.30. The molecule has 31 heavy (non-hydrogen) atoms. The van der Waals surface area contributed by atoms with Crippen LogP contribution in [0.5, 0.6) is 11.5 Å². The summed E-state index contributed by atoms with van der Waals surface area (Å²) in [5.41, 5.74) is 4.65. The number of phenolic OH excluding ortho intramolecular Hbond substituents is 1. The van der Waals surface area contributed by atoms with Gasteiger partial charge >= 0.3 is 0 Å². The van der Waals surface area contributed by atoms with Crippen molar-refractivity contribution < 1.29 is 9.84 Å². The van der Waals surface area contributed by atoms with E-state index in [1.54, 1.807) is 23.3 Å². The van der Waals surface area contributed by atoms with Crippen LogP contribution in [0.3, 0.4) is 0 Å². The third-order valence-corrected chi connectivity index (χ3v) is 5.65. The summed E-state index contributed by atoms with van der Waals surface area (Å²) in [6, 6.07) is 17.6. The van der Waals surface area contributed by atoms with Gasteiger partial charge in [0.1, 0.15) is 29.1 Å². The number of phenols is 1. The van der Waals surface area contributed by atoms with Crippen molar-refractivity contribution in [1.29, 1.82) is 0 Å². The fourth-order valence-corrected chi connectivity index (χ4v) is 4.16. The summed E-state index contributed by atoms with van der Waals surface area (Å²) in [6.45, 7) is 0.553. The molecule has 0 radical (unpaired) electrons. The number of halogens is 2. The first kappa shape index (κ1) is 21.4. The summed E-state index contributed by atoms with van der Waals surface area (Å²) >= 11 is 6.77. The quantitative estimate of drug-likeness (QED) is 0.305. The van der Waals surface area contributed by atoms with E-state index in [1.165, 1.54) is 0 Å². The number of benzene rings is 3. The van der Waals surface area contributed by atoms with Crippen molar-refractivity contribution in [1.82, 2.24) is 19.1 Å². The van der Waals surface area contributed by atoms with Gasteiger partial charge in [-0.15, -0.1) is 0 Å². The molecule has 0 bridgehead atoms. The number of imidazole rings is 2. The second kappa shape index (κ2) is 9.11. The van der Waals surface area contributed by atoms with Crippen LogP contribution in [0.2, 0.25) is 0 Å². The highest BCUT2D eigenvalue weighted by Gasteiger charge is 2.09. The predicted molar refractivity (Wildman–Crippen MR) is 129 cm³/mol. The van der Waals surface area contributed by atoms with Gasteiger partial charge < -0.3 is 19.0 Å². The van der Waals surface area contributed by atoms with Crippen LogP contribution in [0.15, 0.2) is 76.2 Å². The van der Waals surface area contributed by atoms with Crippen molar-refractivity contribution in [2.75, 3.05) is 0 Å². The molecular formula is C23H20Br2N4O2. The van der Waals surface area contributed by atoms with Crippen LogP contribution in [0.1, 0.15) is 5.56 Å². The average Bonchev–Trinajstić information content (AvgIpc) is 3.30. The molecule has 0 atom stereocenters. The van der Waals surface area contributed by atoms with E-state index in [0.29, 0.717) is 6.61 Å². The van der Waals surface area contributed by atoms with Gasteiger partial charge in [0.15, 0.2) is 0 Å². The molecule has 0 saturated heterocycles. The molecule has 158 valence electrons. The Morgan fingerprint density at radius 1 is 0.839 bits per heavy atom. The highest BCUT2D eigenvalue weighted by atomic mass is 79.9. The summed E-state index contributed by atoms with van der Waals surface area (Å²) in [5, 5.41) is 9.53. The molecule has 1 N–H and O–H groups in total. The molecule has 0 aliphatic heterocycles. The van der Waals surface area contributed by atoms with Gasteiger partial charge in [-0.25, -0.2) is 9.97 Å². The van der Waals surface area contributed by atoms with Gasteiger partial charge in [-0.2, -0.15) is 0 Å². The van der Waals surface area contributed by atoms with E-state index >= 15 is 0 Å². The summed E-state index contributed by atoms with van der Waals surface area (Å²) in [5.74, 6) is 1.09. The number of aromatic hydroxyl groups is 1. The first-order chi connectivity index (χ1) is 14.9. The Bertz CT molecular complexity index is 1350. The molecule has 5 aromatic rings. The molecule has 0 fully saturated rings. The molecule has 2 aromatic heterocycles. The van der Waals surface area contributed by atoms with Crippen molar-refractivity contribution in [2.24, 2.45) is 14.1 Å². The first-order valence-electron chi connectivity index (χ1n) is 9.49. The lowest BCUT2D eigenvalue weighted by Gasteiger charge is -2.09. The first-order valence-corrected chi connectivity index (χ1v) is 11.1. The number of nitrogens with zero attached hydrogens (tertiary/aromatic N) is 4. The number of aryl methyl sites for hydroxylation is 2. The van der Waals surface area contributed by atoms with Crippen molar-refractivity contribution >= 4 is 53.9 Å². The Labute approximate surface area is 196 Å². The largest absolute Gasteiger partial charge is 0.506 e. The number of rotatable bonds is 3. The molecule has 6 nitrogen and oxygen atoms in total. The van der Waals surface area contributed by atoms with E-state index in [9.17, 15) is 5.11 Å². The Morgan fingerprint density at radius 2 is 1.42 bits per heavy atom. The standard InChI is InChI=1S/C15H13BrN2O.C8H7BrN2O/c1-18-10-17-13-7-12(16)8-14(15(13)18)19-9-11-5-3-2-4-6-11;1-11-4-10-6-2-5(9)3-7(12)8(6)11/h2-8,10H,9H2,1H3;2-4,12H,1H3. The van der Waals surface area contributed by atoms with Crippen molar-refractivity contribution in [3.05, 3.63) is 81.8 Å². The maximum atomic E-state index is 9.53. The number of hydrogen-bond acceptors (Lipinski definition) is 4. The van der Waals surface area contributed by atoms with Crippen LogP contribution in [0.4, 0.5) is 0 Å². The minimum Gasteiger partial charge on any atom is -0.506 e. The second-order valence-electron chi connectivity index (χ2n) is 7.05. The maximum absolute atomic E-state index is 9.53. The van der Waals surface area contributed by atoms with Crippen LogP contribution in [0, 0.1) is 0 Å². The van der Waals surface area contributed by atoms with Crippen LogP contribution in [-0.2, 0) is 20.7 Å². The topological polar surface area (TPSA) is 65.1 Å². The zero-order valence-corrected chi connectivity index (χ0v) is 20.1. The molecule has 3 aromatic carbocycles. The minimum atomic E-state index is 0.249. The van der Waals surface area contributed by atoms with Gasteiger partial charge in [0.25, 0.3) is 0 Å². The van der Waals surface area contributed by atoms with E-state index in [-0.39, 0.29) is 5.75 Å². The SMILES string of the molecule is Cn1cnc2cc(Br)cc(O)c21.Cn1cnc2cc(Br)cc(OCc3ccccc3)c21. The zero-order valence-electron chi connectivity index (χ0n) is 17.0. The lowest BCUT2D eigenvalue weighted by Crippen LogP contribution is -1.97. The molecule has 5 rings (SSSR count). The Balaban J connectivity index is 0.000000166. The monoisotopic (exact) mass is 542 g/mol. The smallest absolute Gasteiger partial charge is 0.146 e. The van der Waals surface area contributed by atoms with Crippen LogP contribution >= 0.6 is 31.9 Å². The molecule has 2 heterocycles. The van der Waals surface area contributed by atoms with Gasteiger partial charge in [-0.3, -0.25) is 0 Å². The highest BCUT2D eigenvalue weighted by molar-refractivity contribution is 9.10. The summed E-state index contributed by atoms with van der Waals surface area (Å²) in [7, 11) is 3.82. The van der Waals surface area contributed by atoms with Gasteiger partial charge in [0.2, 0.25) is 0 Å². The number of ether oxygens (including phenoxy) is 1. The number of fused-ring (bicyclic) bond motifs is 2. The van der Waals surface area contributed by atoms with E-state index in [4.69, 9.17) is 4.74 Å². The third kappa shape index (κ3) is 4.75. The molecule has 0 aliphatic carbocycles. The predicted octanol–water partition coefficient (Wildman–Crippen LogP) is 5.96. The van der Waals surface area contributed by atoms with E-state index in [0.717, 1.165) is 42.3 Å². The second-order valence-corrected chi connectivity index (χ2v) is 8.88. The van der Waals surface area contributed by atoms with Crippen LogP contribution in [0.25, 0.3) is 22.1 Å². The Hall–Kier alpha value is -2.84. The van der Waals surface area contributed by atoms with Gasteiger partial charge in [-0.05, 0) is 29.8 Å². The lowest BCUT2D eigenvalue weighted by molar-refractivity contribution is 0.308. The maximum Gasteiger partial charge on any atom is 0.146 e. The summed E-state index contributed by atoms with van der Waals surface area (Å²) in [6.07, 6.45) is 3.48. The lowest BCUT2D eigenvalue weighted by atomic mass is 10.2. The van der Waals surface area contributed by atoms with E-state index in [1.807, 2.05) is 55.1 Å². The number of hydrogen-bond donors (Lipinski definition) is 1. The molecule has 0 aliphatic rings. The fraction of sp³-hybridized carbons (Fsp3) is 0.130. The summed E-state index contributed by atoms with van der Waals surface area (Å²) in [4.78, 5) is 8.46. The van der Waals surface area contributed by atoms with Gasteiger partial charge in [0, 0.05) is 23.0 Å². The van der Waals surface area contributed by atoms with E-state index in [2.05, 4.69) is 54.0 Å². The minimum absolute atomic E-state index is 0.249. The molecular weight excluding hydrogens is 524 g/mol. The fourth-order valence-electron chi connectivity index (χ4n) is 3.30. The van der Waals surface area contributed by atoms with Gasteiger partial charge in [0.05, 0.1) is 23.7 Å². The van der Waals surface area contributed by atoms with Crippen molar-refractivity contribution in [3.8, 4) is 11.5 Å². The normalized spacial score (nSPS) is 10.8. The zero-order chi connectivity index (χ0) is 22.0. The van der Waals surface area contributed by atoms with Crippen LogP contribution in [-0.4, -0.2) is 24.2 Å². The molecule has 0 saturated carbocycles. The van der Waals surface area contributed by atoms with Crippen molar-refractivity contribution in [2.45, 2.75) is 6.61 Å². The Kier molecular flexibility index (Phi) is 6.29. The molecule has 0 unspecified atom stereocenters. The van der Waals surface area contributed by atoms with Crippen LogP contribution < -0.4 is 4.74 Å². The summed E-state index contributed by atoms with van der Waals surface area (Å²) < 4.78 is 11.5. The van der Waals surface area contributed by atoms with Crippen molar-refractivity contribution in [3.63, 3.8) is 0 Å². The number of aromatic nitrogens is 4. The molecule has 0 spiro atoms. The van der Waals surface area contributed by atoms with E-state index < -0.39 is 0 Å². The Morgan fingerprint density at radius 3 is 2.10 bits per heavy atom.